The first-order valence-electron chi connectivity index (χ1n) is 10.3. The highest BCUT2D eigenvalue weighted by atomic mass is 32.2. The lowest BCUT2D eigenvalue weighted by Crippen LogP contribution is -2.28. The summed E-state index contributed by atoms with van der Waals surface area (Å²) in [6, 6.07) is 10.4. The van der Waals surface area contributed by atoms with Gasteiger partial charge in [0.25, 0.3) is 0 Å². The minimum atomic E-state index is -0.684. The highest BCUT2D eigenvalue weighted by molar-refractivity contribution is 7.99. The average Bonchev–Trinajstić information content (AvgIpc) is 3.27. The van der Waals surface area contributed by atoms with Gasteiger partial charge in [0.2, 0.25) is 0 Å². The van der Waals surface area contributed by atoms with Crippen LogP contribution in [-0.2, 0) is 20.9 Å². The van der Waals surface area contributed by atoms with Gasteiger partial charge in [-0.3, -0.25) is 4.79 Å². The number of ether oxygens (including phenoxy) is 2. The average molecular weight is 393 g/mol. The standard InChI is InChI=1S/C22H32O4S/c23-22(24)8-4-5-14-27-15-12-19-18(20-9-10-21(19)26-20)11-13-25-16-17-6-2-1-3-7-17/h1-3,6-7,18-21H,4-5,8-16H2,(H,23,24). The van der Waals surface area contributed by atoms with Crippen molar-refractivity contribution in [2.24, 2.45) is 11.8 Å². The molecular weight excluding hydrogens is 360 g/mol. The minimum Gasteiger partial charge on any atom is -0.481 e. The van der Waals surface area contributed by atoms with E-state index in [-0.39, 0.29) is 0 Å². The summed E-state index contributed by atoms with van der Waals surface area (Å²) in [4.78, 5) is 10.5. The molecule has 2 saturated heterocycles. The number of benzene rings is 1. The van der Waals surface area contributed by atoms with Gasteiger partial charge in [-0.25, -0.2) is 0 Å². The van der Waals surface area contributed by atoms with Crippen LogP contribution in [0.1, 0.15) is 50.5 Å². The van der Waals surface area contributed by atoms with Crippen LogP contribution in [0.3, 0.4) is 0 Å². The highest BCUT2D eigenvalue weighted by Gasteiger charge is 2.47. The fraction of sp³-hybridized carbons (Fsp3) is 0.682. The Balaban J connectivity index is 1.32. The molecule has 4 unspecified atom stereocenters. The Hall–Kier alpha value is -1.04. The van der Waals surface area contributed by atoms with Crippen molar-refractivity contribution < 1.29 is 19.4 Å². The van der Waals surface area contributed by atoms with Crippen molar-refractivity contribution in [2.75, 3.05) is 18.1 Å². The van der Waals surface area contributed by atoms with Gasteiger partial charge in [-0.1, -0.05) is 30.3 Å². The van der Waals surface area contributed by atoms with Gasteiger partial charge in [-0.2, -0.15) is 11.8 Å². The molecule has 2 fully saturated rings. The number of aliphatic carboxylic acids is 1. The lowest BCUT2D eigenvalue weighted by molar-refractivity contribution is -0.137. The van der Waals surface area contributed by atoms with E-state index in [2.05, 4.69) is 24.3 Å². The third-order valence-corrected chi connectivity index (χ3v) is 6.92. The summed E-state index contributed by atoms with van der Waals surface area (Å²) >= 11 is 1.97. The van der Waals surface area contributed by atoms with Gasteiger partial charge < -0.3 is 14.6 Å². The van der Waals surface area contributed by atoms with Crippen LogP contribution in [0.25, 0.3) is 0 Å². The third-order valence-electron chi connectivity index (χ3n) is 5.82. The maximum absolute atomic E-state index is 10.5. The zero-order valence-corrected chi connectivity index (χ0v) is 16.9. The van der Waals surface area contributed by atoms with Crippen LogP contribution >= 0.6 is 11.8 Å². The molecule has 2 aliphatic rings. The molecule has 0 radical (unpaired) electrons. The molecule has 5 heteroatoms. The van der Waals surface area contributed by atoms with Gasteiger partial charge in [-0.05, 0) is 67.4 Å². The molecule has 1 aromatic carbocycles. The van der Waals surface area contributed by atoms with Crippen LogP contribution < -0.4 is 0 Å². The summed E-state index contributed by atoms with van der Waals surface area (Å²) in [6.45, 7) is 1.50. The maximum atomic E-state index is 10.5. The molecule has 2 bridgehead atoms. The first-order chi connectivity index (χ1) is 13.2. The van der Waals surface area contributed by atoms with Crippen molar-refractivity contribution in [3.05, 3.63) is 35.9 Å². The fourth-order valence-corrected chi connectivity index (χ4v) is 5.51. The van der Waals surface area contributed by atoms with Crippen molar-refractivity contribution in [3.8, 4) is 0 Å². The first-order valence-corrected chi connectivity index (χ1v) is 11.5. The van der Waals surface area contributed by atoms with E-state index < -0.39 is 5.97 Å². The second kappa shape index (κ2) is 11.1. The van der Waals surface area contributed by atoms with Crippen LogP contribution in [-0.4, -0.2) is 41.4 Å². The van der Waals surface area contributed by atoms with Crippen molar-refractivity contribution >= 4 is 17.7 Å². The van der Waals surface area contributed by atoms with Gasteiger partial charge in [0.1, 0.15) is 0 Å². The fourth-order valence-electron chi connectivity index (χ4n) is 4.46. The summed E-state index contributed by atoms with van der Waals surface area (Å²) in [5.41, 5.74) is 1.23. The molecule has 2 aliphatic heterocycles. The largest absolute Gasteiger partial charge is 0.481 e. The molecule has 4 nitrogen and oxygen atoms in total. The molecule has 27 heavy (non-hydrogen) atoms. The molecule has 0 amide bonds. The van der Waals surface area contributed by atoms with Crippen molar-refractivity contribution in [2.45, 2.75) is 63.8 Å². The van der Waals surface area contributed by atoms with Crippen LogP contribution in [0.15, 0.2) is 30.3 Å². The van der Waals surface area contributed by atoms with Crippen LogP contribution in [0, 0.1) is 11.8 Å². The summed E-state index contributed by atoms with van der Waals surface area (Å²) < 4.78 is 12.1. The van der Waals surface area contributed by atoms with Gasteiger partial charge >= 0.3 is 5.97 Å². The topological polar surface area (TPSA) is 55.8 Å². The van der Waals surface area contributed by atoms with E-state index in [9.17, 15) is 4.79 Å². The number of thioether (sulfide) groups is 1. The Morgan fingerprint density at radius 1 is 1.07 bits per heavy atom. The number of unbranched alkanes of at least 4 members (excludes halogenated alkanes) is 1. The molecule has 0 saturated carbocycles. The molecule has 150 valence electrons. The molecule has 1 N–H and O–H groups in total. The Morgan fingerprint density at radius 3 is 2.56 bits per heavy atom. The molecule has 4 atom stereocenters. The summed E-state index contributed by atoms with van der Waals surface area (Å²) in [6.07, 6.45) is 7.75. The van der Waals surface area contributed by atoms with E-state index in [4.69, 9.17) is 14.6 Å². The van der Waals surface area contributed by atoms with Gasteiger partial charge in [0.05, 0.1) is 18.8 Å². The second-order valence-electron chi connectivity index (χ2n) is 7.70. The van der Waals surface area contributed by atoms with E-state index in [0.29, 0.717) is 37.1 Å². The number of hydrogen-bond acceptors (Lipinski definition) is 4. The first kappa shape index (κ1) is 20.7. The quantitative estimate of drug-likeness (QED) is 0.490. The number of carbonyl (C=O) groups is 1. The molecule has 0 aromatic heterocycles. The minimum absolute atomic E-state index is 0.297. The van der Waals surface area contributed by atoms with E-state index in [1.54, 1.807) is 0 Å². The zero-order chi connectivity index (χ0) is 18.9. The smallest absolute Gasteiger partial charge is 0.303 e. The number of carboxylic acid groups (broad SMARTS) is 1. The molecule has 2 heterocycles. The summed E-state index contributed by atoms with van der Waals surface area (Å²) in [5, 5.41) is 8.67. The van der Waals surface area contributed by atoms with Crippen molar-refractivity contribution in [3.63, 3.8) is 0 Å². The monoisotopic (exact) mass is 392 g/mol. The SMILES string of the molecule is O=C(O)CCCCSCCC1C2CCC(O2)C1CCOCc1ccccc1. The van der Waals surface area contributed by atoms with E-state index in [0.717, 1.165) is 37.4 Å². The second-order valence-corrected chi connectivity index (χ2v) is 8.92. The lowest BCUT2D eigenvalue weighted by Gasteiger charge is -2.28. The van der Waals surface area contributed by atoms with E-state index >= 15 is 0 Å². The Labute approximate surface area is 167 Å². The Bertz CT molecular complexity index is 565. The molecule has 0 spiro atoms. The van der Waals surface area contributed by atoms with E-state index in [1.807, 2.05) is 17.8 Å². The molecule has 0 aliphatic carbocycles. The summed E-state index contributed by atoms with van der Waals surface area (Å²) in [5.74, 6) is 2.87. The predicted molar refractivity (Wildman–Crippen MR) is 109 cm³/mol. The number of fused-ring (bicyclic) bond motifs is 2. The molecule has 1 aromatic rings. The number of carboxylic acids is 1. The van der Waals surface area contributed by atoms with Gasteiger partial charge in [-0.15, -0.1) is 0 Å². The summed E-state index contributed by atoms with van der Waals surface area (Å²) in [7, 11) is 0. The third kappa shape index (κ3) is 6.51. The Morgan fingerprint density at radius 2 is 1.81 bits per heavy atom. The van der Waals surface area contributed by atoms with Crippen LogP contribution in [0.5, 0.6) is 0 Å². The van der Waals surface area contributed by atoms with Crippen molar-refractivity contribution in [1.29, 1.82) is 0 Å². The predicted octanol–water partition coefficient (Wildman–Crippen LogP) is 4.77. The number of rotatable bonds is 13. The maximum Gasteiger partial charge on any atom is 0.303 e. The van der Waals surface area contributed by atoms with Gasteiger partial charge in [0, 0.05) is 13.0 Å². The molecular formula is C22H32O4S. The number of hydrogen-bond donors (Lipinski definition) is 1. The van der Waals surface area contributed by atoms with Crippen LogP contribution in [0.4, 0.5) is 0 Å². The highest BCUT2D eigenvalue weighted by Crippen LogP contribution is 2.46. The van der Waals surface area contributed by atoms with E-state index in [1.165, 1.54) is 24.8 Å². The Kier molecular flexibility index (Phi) is 8.49. The zero-order valence-electron chi connectivity index (χ0n) is 16.1. The van der Waals surface area contributed by atoms with Crippen molar-refractivity contribution in [1.82, 2.24) is 0 Å². The molecule has 3 rings (SSSR count). The lowest BCUT2D eigenvalue weighted by atomic mass is 9.76. The normalized spacial score (nSPS) is 26.5. The van der Waals surface area contributed by atoms with Crippen LogP contribution in [0.2, 0.25) is 0 Å². The van der Waals surface area contributed by atoms with Gasteiger partial charge in [0.15, 0.2) is 0 Å².